The highest BCUT2D eigenvalue weighted by atomic mass is 32.2. The molecule has 0 aromatic heterocycles. The van der Waals surface area contributed by atoms with Gasteiger partial charge in [-0.2, -0.15) is 0 Å². The number of anilines is 1. The van der Waals surface area contributed by atoms with E-state index in [1.807, 2.05) is 62.4 Å². The van der Waals surface area contributed by atoms with E-state index in [0.29, 0.717) is 25.3 Å². The Balaban J connectivity index is 1.76. The zero-order valence-electron chi connectivity index (χ0n) is 17.3. The van der Waals surface area contributed by atoms with Gasteiger partial charge in [-0.3, -0.25) is 9.10 Å². The largest absolute Gasteiger partial charge is 0.492 e. The van der Waals surface area contributed by atoms with Crippen LogP contribution in [0.2, 0.25) is 0 Å². The maximum absolute atomic E-state index is 12.1. The fourth-order valence-corrected chi connectivity index (χ4v) is 3.89. The molecule has 158 valence electrons. The highest BCUT2D eigenvalue weighted by Gasteiger charge is 2.17. The van der Waals surface area contributed by atoms with Crippen molar-refractivity contribution >= 4 is 21.6 Å². The van der Waals surface area contributed by atoms with Crippen LogP contribution in [0.15, 0.2) is 48.5 Å². The van der Waals surface area contributed by atoms with Crippen molar-refractivity contribution < 1.29 is 17.9 Å². The summed E-state index contributed by atoms with van der Waals surface area (Å²) in [4.78, 5) is 12.0. The Morgan fingerprint density at radius 2 is 1.86 bits per heavy atom. The first-order valence-electron chi connectivity index (χ1n) is 9.82. The average Bonchev–Trinajstić information content (AvgIpc) is 2.68. The predicted octanol–water partition coefficient (Wildman–Crippen LogP) is 3.30. The molecule has 7 heteroatoms. The number of hydrogen-bond acceptors (Lipinski definition) is 4. The number of rotatable bonds is 11. The van der Waals surface area contributed by atoms with Gasteiger partial charge in [0, 0.05) is 13.0 Å². The first-order valence-corrected chi connectivity index (χ1v) is 11.7. The summed E-state index contributed by atoms with van der Waals surface area (Å²) in [5.74, 6) is 0.657. The van der Waals surface area contributed by atoms with Gasteiger partial charge in [0.15, 0.2) is 0 Å². The molecule has 6 nitrogen and oxygen atoms in total. The van der Waals surface area contributed by atoms with E-state index < -0.39 is 10.0 Å². The van der Waals surface area contributed by atoms with Gasteiger partial charge < -0.3 is 10.1 Å². The maximum atomic E-state index is 12.1. The second-order valence-corrected chi connectivity index (χ2v) is 8.88. The number of sulfonamides is 1. The van der Waals surface area contributed by atoms with Crippen molar-refractivity contribution in [1.29, 1.82) is 0 Å². The molecule has 2 aromatic carbocycles. The topological polar surface area (TPSA) is 75.7 Å². The first kappa shape index (κ1) is 22.7. The molecular formula is C22H30N2O4S. The molecule has 0 atom stereocenters. The van der Waals surface area contributed by atoms with Crippen LogP contribution in [0.1, 0.15) is 30.9 Å². The number of carbonyl (C=O) groups is 1. The van der Waals surface area contributed by atoms with Crippen LogP contribution in [-0.4, -0.2) is 40.3 Å². The van der Waals surface area contributed by atoms with E-state index in [9.17, 15) is 13.2 Å². The highest BCUT2D eigenvalue weighted by Crippen LogP contribution is 2.19. The zero-order valence-corrected chi connectivity index (χ0v) is 18.2. The lowest BCUT2D eigenvalue weighted by atomic mass is 10.1. The van der Waals surface area contributed by atoms with Gasteiger partial charge in [0.25, 0.3) is 0 Å². The van der Waals surface area contributed by atoms with Crippen molar-refractivity contribution in [2.45, 2.75) is 33.1 Å². The Labute approximate surface area is 173 Å². The fourth-order valence-electron chi connectivity index (χ4n) is 2.92. The minimum Gasteiger partial charge on any atom is -0.492 e. The van der Waals surface area contributed by atoms with Gasteiger partial charge >= 0.3 is 0 Å². The highest BCUT2D eigenvalue weighted by molar-refractivity contribution is 7.92. The molecule has 2 rings (SSSR count). The molecule has 0 fully saturated rings. The van der Waals surface area contributed by atoms with Crippen molar-refractivity contribution in [3.05, 3.63) is 59.7 Å². The van der Waals surface area contributed by atoms with E-state index in [0.717, 1.165) is 23.3 Å². The predicted molar refractivity (Wildman–Crippen MR) is 117 cm³/mol. The molecule has 0 aliphatic heterocycles. The Bertz CT molecular complexity index is 895. The summed E-state index contributed by atoms with van der Waals surface area (Å²) in [5, 5.41) is 2.80. The minimum atomic E-state index is -3.41. The zero-order chi connectivity index (χ0) is 21.3. The van der Waals surface area contributed by atoms with Gasteiger partial charge in [0.2, 0.25) is 15.9 Å². The van der Waals surface area contributed by atoms with Gasteiger partial charge in [0.05, 0.1) is 18.5 Å². The van der Waals surface area contributed by atoms with Crippen LogP contribution in [0.3, 0.4) is 0 Å². The molecule has 0 aliphatic rings. The van der Waals surface area contributed by atoms with Gasteiger partial charge in [-0.15, -0.1) is 0 Å². The van der Waals surface area contributed by atoms with Crippen LogP contribution in [0, 0.1) is 6.92 Å². The van der Waals surface area contributed by atoms with Gasteiger partial charge in [-0.05, 0) is 55.2 Å². The lowest BCUT2D eigenvalue weighted by Crippen LogP contribution is -2.32. The molecule has 0 unspecified atom stereocenters. The third-order valence-electron chi connectivity index (χ3n) is 4.48. The smallest absolute Gasteiger partial charge is 0.232 e. The van der Waals surface area contributed by atoms with E-state index in [1.54, 1.807) is 0 Å². The minimum absolute atomic E-state index is 0.118. The van der Waals surface area contributed by atoms with Crippen LogP contribution in [-0.2, 0) is 21.2 Å². The van der Waals surface area contributed by atoms with Crippen LogP contribution in [0.5, 0.6) is 5.75 Å². The number of nitrogens with one attached hydrogen (secondary N) is 1. The lowest BCUT2D eigenvalue weighted by molar-refractivity contribution is -0.121. The van der Waals surface area contributed by atoms with E-state index in [-0.39, 0.29) is 18.9 Å². The molecule has 1 amide bonds. The fraction of sp³-hybridized carbons (Fsp3) is 0.409. The number of carbonyl (C=O) groups excluding carboxylic acids is 1. The standard InChI is InChI=1S/C22H30N2O4S/c1-4-19-10-12-20(13-11-19)24(29(3,26)27)15-6-9-22(25)23-14-16-28-21-8-5-7-18(2)17-21/h5,7-8,10-13,17H,4,6,9,14-16H2,1-3H3,(H,23,25). The number of nitrogens with zero attached hydrogens (tertiary/aromatic N) is 1. The third kappa shape index (κ3) is 7.77. The number of benzene rings is 2. The van der Waals surface area contributed by atoms with Crippen molar-refractivity contribution in [1.82, 2.24) is 5.32 Å². The van der Waals surface area contributed by atoms with Gasteiger partial charge in [-0.25, -0.2) is 8.42 Å². The van der Waals surface area contributed by atoms with Crippen molar-refractivity contribution in [2.75, 3.05) is 30.3 Å². The average molecular weight is 419 g/mol. The molecule has 0 saturated carbocycles. The molecule has 0 spiro atoms. The monoisotopic (exact) mass is 418 g/mol. The van der Waals surface area contributed by atoms with Crippen molar-refractivity contribution in [3.8, 4) is 5.75 Å². The summed E-state index contributed by atoms with van der Waals surface area (Å²) < 4.78 is 31.2. The van der Waals surface area contributed by atoms with Crippen LogP contribution >= 0.6 is 0 Å². The van der Waals surface area contributed by atoms with E-state index in [4.69, 9.17) is 4.74 Å². The Morgan fingerprint density at radius 1 is 1.14 bits per heavy atom. The molecular weight excluding hydrogens is 388 g/mol. The molecule has 29 heavy (non-hydrogen) atoms. The Hall–Kier alpha value is -2.54. The second-order valence-electron chi connectivity index (χ2n) is 6.97. The summed E-state index contributed by atoms with van der Waals surface area (Å²) in [7, 11) is -3.41. The number of aryl methyl sites for hydroxylation is 2. The summed E-state index contributed by atoms with van der Waals surface area (Å²) >= 11 is 0. The van der Waals surface area contributed by atoms with Crippen molar-refractivity contribution in [3.63, 3.8) is 0 Å². The van der Waals surface area contributed by atoms with Gasteiger partial charge in [-0.1, -0.05) is 31.2 Å². The third-order valence-corrected chi connectivity index (χ3v) is 5.67. The normalized spacial score (nSPS) is 11.1. The molecule has 2 aromatic rings. The number of amides is 1. The lowest BCUT2D eigenvalue weighted by Gasteiger charge is -2.22. The van der Waals surface area contributed by atoms with Gasteiger partial charge in [0.1, 0.15) is 12.4 Å². The van der Waals surface area contributed by atoms with E-state index in [1.165, 1.54) is 10.6 Å². The number of ether oxygens (including phenoxy) is 1. The maximum Gasteiger partial charge on any atom is 0.232 e. The Kier molecular flexibility index (Phi) is 8.51. The quantitative estimate of drug-likeness (QED) is 0.568. The van der Waals surface area contributed by atoms with Crippen molar-refractivity contribution in [2.24, 2.45) is 0 Å². The molecule has 0 saturated heterocycles. The molecule has 0 bridgehead atoms. The van der Waals surface area contributed by atoms with Crippen LogP contribution in [0.25, 0.3) is 0 Å². The van der Waals surface area contributed by atoms with Crippen LogP contribution < -0.4 is 14.4 Å². The van der Waals surface area contributed by atoms with E-state index >= 15 is 0 Å². The molecule has 1 N–H and O–H groups in total. The summed E-state index contributed by atoms with van der Waals surface area (Å²) in [6.07, 6.45) is 2.77. The molecule has 0 aliphatic carbocycles. The summed E-state index contributed by atoms with van der Waals surface area (Å²) in [5.41, 5.74) is 2.89. The molecule has 0 heterocycles. The summed E-state index contributed by atoms with van der Waals surface area (Å²) in [6.45, 7) is 5.09. The van der Waals surface area contributed by atoms with Crippen LogP contribution in [0.4, 0.5) is 5.69 Å². The SMILES string of the molecule is CCc1ccc(N(CCCC(=O)NCCOc2cccc(C)c2)S(C)(=O)=O)cc1. The number of hydrogen-bond donors (Lipinski definition) is 1. The summed E-state index contributed by atoms with van der Waals surface area (Å²) in [6, 6.07) is 15.2. The molecule has 0 radical (unpaired) electrons. The Morgan fingerprint density at radius 3 is 2.48 bits per heavy atom. The first-order chi connectivity index (χ1) is 13.8. The van der Waals surface area contributed by atoms with E-state index in [2.05, 4.69) is 5.32 Å². The second kappa shape index (κ2) is 10.9.